The van der Waals surface area contributed by atoms with E-state index in [1.807, 2.05) is 24.3 Å². The molecule has 6 heteroatoms. The summed E-state index contributed by atoms with van der Waals surface area (Å²) >= 11 is 0. The van der Waals surface area contributed by atoms with Crippen molar-refractivity contribution in [2.24, 2.45) is 5.73 Å². The Bertz CT molecular complexity index is 968. The lowest BCUT2D eigenvalue weighted by Gasteiger charge is -2.47. The predicted octanol–water partition coefficient (Wildman–Crippen LogP) is 5.36. The number of hydrogen-bond acceptors (Lipinski definition) is 4. The monoisotopic (exact) mass is 454 g/mol. The molecule has 33 heavy (non-hydrogen) atoms. The Morgan fingerprint density at radius 1 is 1.18 bits per heavy atom. The minimum Gasteiger partial charge on any atom is -0.462 e. The van der Waals surface area contributed by atoms with Gasteiger partial charge in [-0.15, -0.1) is 0 Å². The molecule has 0 radical (unpaired) electrons. The van der Waals surface area contributed by atoms with Crippen molar-refractivity contribution < 1.29 is 18.7 Å². The molecule has 2 heterocycles. The number of fused-ring (bicyclic) bond motifs is 1. The lowest BCUT2D eigenvalue weighted by atomic mass is 9.89. The lowest BCUT2D eigenvalue weighted by molar-refractivity contribution is -0.231. The van der Waals surface area contributed by atoms with E-state index in [2.05, 4.69) is 30.5 Å². The van der Waals surface area contributed by atoms with Crippen LogP contribution in [0.3, 0.4) is 0 Å². The number of likely N-dealkylation sites (tertiary alicyclic amines) is 1. The molecule has 1 amide bonds. The van der Waals surface area contributed by atoms with Crippen molar-refractivity contribution in [2.75, 3.05) is 13.1 Å². The Morgan fingerprint density at radius 3 is 2.45 bits per heavy atom. The summed E-state index contributed by atoms with van der Waals surface area (Å²) in [6.45, 7) is 6.82. The van der Waals surface area contributed by atoms with Gasteiger partial charge in [-0.3, -0.25) is 9.69 Å². The molecule has 1 saturated heterocycles. The third-order valence-electron chi connectivity index (χ3n) is 7.48. The second-order valence-corrected chi connectivity index (χ2v) is 9.43. The van der Waals surface area contributed by atoms with E-state index in [9.17, 15) is 4.39 Å². The summed E-state index contributed by atoms with van der Waals surface area (Å²) < 4.78 is 27.3. The summed E-state index contributed by atoms with van der Waals surface area (Å²) in [4.78, 5) is 11.2. The molecule has 1 atom stereocenters. The van der Waals surface area contributed by atoms with E-state index in [0.29, 0.717) is 6.61 Å². The highest BCUT2D eigenvalue weighted by Crippen LogP contribution is 2.40. The number of benzene rings is 2. The van der Waals surface area contributed by atoms with E-state index < -0.39 is 5.79 Å². The van der Waals surface area contributed by atoms with Crippen molar-refractivity contribution in [2.45, 2.75) is 76.7 Å². The number of primary amides is 1. The molecule has 178 valence electrons. The topological polar surface area (TPSA) is 64.8 Å². The quantitative estimate of drug-likeness (QED) is 0.632. The molecule has 1 aliphatic carbocycles. The van der Waals surface area contributed by atoms with Crippen LogP contribution < -0.4 is 10.5 Å². The molecule has 0 bridgehead atoms. The standard InChI is InChI=1S/C26H32FNO2.CH3NO/c1-3-18(2)23-9-7-20(16-24(23)27)19-8-10-25-21(15-19)17-29-26(30-25)11-13-28(14-12-26)22-5-4-6-22;2-1-3/h7-10,15-16,18,22H,3-6,11-14,17H2,1-2H3;1H,(H2,2,3). The Labute approximate surface area is 196 Å². The first-order valence-corrected chi connectivity index (χ1v) is 12.1. The summed E-state index contributed by atoms with van der Waals surface area (Å²) in [5.74, 6) is 0.554. The van der Waals surface area contributed by atoms with E-state index in [1.54, 1.807) is 6.07 Å². The van der Waals surface area contributed by atoms with Crippen LogP contribution in [0.15, 0.2) is 36.4 Å². The van der Waals surface area contributed by atoms with Crippen LogP contribution in [0.25, 0.3) is 11.1 Å². The first-order chi connectivity index (χ1) is 16.0. The lowest BCUT2D eigenvalue weighted by Crippen LogP contribution is -2.54. The van der Waals surface area contributed by atoms with E-state index in [4.69, 9.17) is 14.3 Å². The van der Waals surface area contributed by atoms with Gasteiger partial charge in [0.05, 0.1) is 6.61 Å². The number of rotatable bonds is 4. The van der Waals surface area contributed by atoms with Crippen molar-refractivity contribution in [1.29, 1.82) is 0 Å². The van der Waals surface area contributed by atoms with Gasteiger partial charge in [0.15, 0.2) is 0 Å². The number of amides is 1. The molecule has 5 nitrogen and oxygen atoms in total. The molecule has 2 aromatic rings. The van der Waals surface area contributed by atoms with Crippen molar-refractivity contribution in [3.8, 4) is 16.9 Å². The number of halogens is 1. The molecule has 2 aromatic carbocycles. The van der Waals surface area contributed by atoms with E-state index in [0.717, 1.165) is 66.4 Å². The summed E-state index contributed by atoms with van der Waals surface area (Å²) in [6.07, 6.45) is 7.10. The van der Waals surface area contributed by atoms with Crippen molar-refractivity contribution in [3.05, 3.63) is 53.3 Å². The van der Waals surface area contributed by atoms with Crippen molar-refractivity contribution in [1.82, 2.24) is 4.90 Å². The van der Waals surface area contributed by atoms with Crippen molar-refractivity contribution in [3.63, 3.8) is 0 Å². The van der Waals surface area contributed by atoms with Crippen LogP contribution in [0.5, 0.6) is 5.75 Å². The normalized spacial score (nSPS) is 20.6. The van der Waals surface area contributed by atoms with E-state index in [1.165, 1.54) is 19.3 Å². The van der Waals surface area contributed by atoms with E-state index in [-0.39, 0.29) is 18.1 Å². The minimum atomic E-state index is -0.473. The third-order valence-corrected chi connectivity index (χ3v) is 7.48. The van der Waals surface area contributed by atoms with Gasteiger partial charge in [0.25, 0.3) is 0 Å². The zero-order chi connectivity index (χ0) is 23.4. The summed E-state index contributed by atoms with van der Waals surface area (Å²) in [5, 5.41) is 0. The molecule has 3 aliphatic rings. The average Bonchev–Trinajstić information content (AvgIpc) is 2.79. The van der Waals surface area contributed by atoms with Crippen LogP contribution in [0, 0.1) is 5.82 Å². The highest BCUT2D eigenvalue weighted by Gasteiger charge is 2.42. The fourth-order valence-electron chi connectivity index (χ4n) is 4.96. The second-order valence-electron chi connectivity index (χ2n) is 9.43. The number of hydrogen-bond donors (Lipinski definition) is 1. The SMILES string of the molecule is CCC(C)c1ccc(-c2ccc3c(c2)COC2(CCN(C4CCC4)CC2)O3)cc1F.NC=O. The minimum absolute atomic E-state index is 0.121. The molecular weight excluding hydrogens is 419 g/mol. The van der Waals surface area contributed by atoms with Crippen LogP contribution in [0.1, 0.15) is 69.4 Å². The van der Waals surface area contributed by atoms with Crippen LogP contribution in [0.2, 0.25) is 0 Å². The fraction of sp³-hybridized carbons (Fsp3) is 0.519. The van der Waals surface area contributed by atoms with Crippen LogP contribution in [0.4, 0.5) is 4.39 Å². The second kappa shape index (κ2) is 10.2. The van der Waals surface area contributed by atoms with E-state index >= 15 is 0 Å². The highest BCUT2D eigenvalue weighted by atomic mass is 19.1. The first-order valence-electron chi connectivity index (χ1n) is 12.1. The maximum Gasteiger partial charge on any atom is 0.213 e. The molecule has 2 N–H and O–H groups in total. The number of nitrogens with zero attached hydrogens (tertiary/aromatic N) is 1. The smallest absolute Gasteiger partial charge is 0.213 e. The molecule has 1 spiro atoms. The maximum absolute atomic E-state index is 14.6. The Hall–Kier alpha value is -2.44. The zero-order valence-electron chi connectivity index (χ0n) is 19.7. The fourth-order valence-corrected chi connectivity index (χ4v) is 4.96. The Balaban J connectivity index is 0.000000821. The maximum atomic E-state index is 14.6. The van der Waals surface area contributed by atoms with Crippen LogP contribution >= 0.6 is 0 Å². The molecule has 2 aliphatic heterocycles. The molecule has 2 fully saturated rings. The number of ether oxygens (including phenoxy) is 2. The summed E-state index contributed by atoms with van der Waals surface area (Å²) in [6, 6.07) is 12.6. The third kappa shape index (κ3) is 5.07. The van der Waals surface area contributed by atoms with Gasteiger partial charge in [-0.25, -0.2) is 4.39 Å². The molecular formula is C27H35FN2O3. The zero-order valence-corrected chi connectivity index (χ0v) is 19.7. The number of piperidine rings is 1. The number of carbonyl (C=O) groups excluding carboxylic acids is 1. The molecule has 1 saturated carbocycles. The van der Waals surface area contributed by atoms with Crippen molar-refractivity contribution >= 4 is 6.41 Å². The van der Waals surface area contributed by atoms with Gasteiger partial charge in [-0.1, -0.05) is 38.5 Å². The molecule has 1 unspecified atom stereocenters. The van der Waals surface area contributed by atoms with Gasteiger partial charge in [0, 0.05) is 37.5 Å². The van der Waals surface area contributed by atoms with Gasteiger partial charge >= 0.3 is 0 Å². The summed E-state index contributed by atoms with van der Waals surface area (Å²) in [5.41, 5.74) is 7.91. The highest BCUT2D eigenvalue weighted by molar-refractivity contribution is 5.66. The van der Waals surface area contributed by atoms with Gasteiger partial charge in [0.1, 0.15) is 11.6 Å². The number of carbonyl (C=O) groups is 1. The molecule has 0 aromatic heterocycles. The molecule has 5 rings (SSSR count). The largest absolute Gasteiger partial charge is 0.462 e. The first kappa shape index (κ1) is 23.7. The van der Waals surface area contributed by atoms with Gasteiger partial charge in [0.2, 0.25) is 12.2 Å². The summed E-state index contributed by atoms with van der Waals surface area (Å²) in [7, 11) is 0. The van der Waals surface area contributed by atoms with Gasteiger partial charge < -0.3 is 15.2 Å². The number of nitrogens with two attached hydrogens (primary N) is 1. The average molecular weight is 455 g/mol. The Morgan fingerprint density at radius 2 is 1.85 bits per heavy atom. The van der Waals surface area contributed by atoms with Gasteiger partial charge in [-0.05, 0) is 60.1 Å². The predicted molar refractivity (Wildman–Crippen MR) is 127 cm³/mol. The van der Waals surface area contributed by atoms with Crippen LogP contribution in [-0.4, -0.2) is 36.2 Å². The van der Waals surface area contributed by atoms with Crippen LogP contribution in [-0.2, 0) is 16.1 Å². The Kier molecular flexibility index (Phi) is 7.35. The van der Waals surface area contributed by atoms with Gasteiger partial charge in [-0.2, -0.15) is 0 Å².